The summed E-state index contributed by atoms with van der Waals surface area (Å²) in [5, 5.41) is 15.0. The molecule has 2 atom stereocenters. The predicted octanol–water partition coefficient (Wildman–Crippen LogP) is 4.12. The van der Waals surface area contributed by atoms with Crippen molar-refractivity contribution in [2.45, 2.75) is 53.5 Å². The number of carbonyl (C=O) groups is 2. The van der Waals surface area contributed by atoms with Gasteiger partial charge in [0.15, 0.2) is 0 Å². The largest absolute Gasteiger partial charge is 0.497 e. The van der Waals surface area contributed by atoms with Gasteiger partial charge in [0.05, 0.1) is 7.11 Å². The second kappa shape index (κ2) is 9.82. The maximum Gasteiger partial charge on any atom is 0.249 e. The van der Waals surface area contributed by atoms with E-state index in [1.807, 2.05) is 58.9 Å². The van der Waals surface area contributed by atoms with Gasteiger partial charge in [0.2, 0.25) is 16.9 Å². The topological polar surface area (TPSA) is 93.2 Å². The van der Waals surface area contributed by atoms with Gasteiger partial charge in [-0.25, -0.2) is 0 Å². The molecule has 0 spiro atoms. The van der Waals surface area contributed by atoms with E-state index in [0.29, 0.717) is 16.6 Å². The number of anilines is 1. The highest BCUT2D eigenvalue weighted by molar-refractivity contribution is 7.18. The highest BCUT2D eigenvalue weighted by atomic mass is 32.1. The first kappa shape index (κ1) is 22.8. The van der Waals surface area contributed by atoms with Crippen LogP contribution in [0.15, 0.2) is 24.3 Å². The Balaban J connectivity index is 2.08. The maximum absolute atomic E-state index is 12.8. The van der Waals surface area contributed by atoms with Crippen LogP contribution < -0.4 is 15.4 Å². The van der Waals surface area contributed by atoms with E-state index in [1.165, 1.54) is 11.3 Å². The van der Waals surface area contributed by atoms with Crippen LogP contribution >= 0.6 is 11.3 Å². The quantitative estimate of drug-likeness (QED) is 0.673. The number of nitrogens with one attached hydrogen (secondary N) is 2. The molecule has 0 saturated carbocycles. The average molecular weight is 419 g/mol. The summed E-state index contributed by atoms with van der Waals surface area (Å²) in [6, 6.07) is 6.85. The monoisotopic (exact) mass is 418 g/mol. The van der Waals surface area contributed by atoms with Gasteiger partial charge in [-0.3, -0.25) is 14.9 Å². The Morgan fingerprint density at radius 2 is 1.83 bits per heavy atom. The fraction of sp³-hybridized carbons (Fsp3) is 0.524. The van der Waals surface area contributed by atoms with Gasteiger partial charge < -0.3 is 10.1 Å². The lowest BCUT2D eigenvalue weighted by molar-refractivity contribution is -0.128. The van der Waals surface area contributed by atoms with Crippen LogP contribution in [0.3, 0.4) is 0 Å². The molecule has 1 aromatic carbocycles. The Kier molecular flexibility index (Phi) is 7.73. The molecule has 0 aliphatic carbocycles. The Labute approximate surface area is 176 Å². The highest BCUT2D eigenvalue weighted by Crippen LogP contribution is 2.28. The maximum atomic E-state index is 12.8. The van der Waals surface area contributed by atoms with E-state index in [1.54, 1.807) is 7.11 Å². The molecule has 2 amide bonds. The molecule has 7 nitrogen and oxygen atoms in total. The zero-order chi connectivity index (χ0) is 21.6. The summed E-state index contributed by atoms with van der Waals surface area (Å²) in [4.78, 5) is 25.2. The van der Waals surface area contributed by atoms with Gasteiger partial charge in [-0.1, -0.05) is 52.4 Å². The molecular weight excluding hydrogens is 388 g/mol. The van der Waals surface area contributed by atoms with Gasteiger partial charge in [-0.2, -0.15) is 0 Å². The van der Waals surface area contributed by atoms with Gasteiger partial charge in [0.25, 0.3) is 0 Å². The molecule has 0 aliphatic heterocycles. The molecule has 1 heterocycles. The molecule has 0 radical (unpaired) electrons. The van der Waals surface area contributed by atoms with Crippen LogP contribution in [0.2, 0.25) is 0 Å². The number of benzene rings is 1. The molecule has 2 aromatic rings. The molecular formula is C21H30N4O3S. The number of ether oxygens (including phenoxy) is 1. The molecule has 0 saturated heterocycles. The number of methoxy groups -OCH3 is 1. The summed E-state index contributed by atoms with van der Waals surface area (Å²) in [7, 11) is 1.61. The van der Waals surface area contributed by atoms with E-state index in [2.05, 4.69) is 20.8 Å². The van der Waals surface area contributed by atoms with Crippen molar-refractivity contribution in [2.24, 2.45) is 11.3 Å². The molecule has 2 N–H and O–H groups in total. The Morgan fingerprint density at radius 1 is 1.17 bits per heavy atom. The van der Waals surface area contributed by atoms with Gasteiger partial charge in [-0.05, 0) is 35.6 Å². The summed E-state index contributed by atoms with van der Waals surface area (Å²) in [5.41, 5.74) is 0.744. The van der Waals surface area contributed by atoms with E-state index < -0.39 is 6.04 Å². The second-order valence-electron chi connectivity index (χ2n) is 8.30. The summed E-state index contributed by atoms with van der Waals surface area (Å²) in [6.45, 7) is 9.92. The number of hydrogen-bond acceptors (Lipinski definition) is 6. The third kappa shape index (κ3) is 6.81. The molecule has 29 heavy (non-hydrogen) atoms. The number of amides is 2. The average Bonchev–Trinajstić information content (AvgIpc) is 3.12. The van der Waals surface area contributed by atoms with Gasteiger partial charge in [0.1, 0.15) is 16.8 Å². The van der Waals surface area contributed by atoms with Crippen molar-refractivity contribution in [3.05, 3.63) is 24.3 Å². The fourth-order valence-electron chi connectivity index (χ4n) is 2.72. The third-order valence-corrected chi connectivity index (χ3v) is 5.38. The Bertz CT molecular complexity index is 827. The molecule has 0 bridgehead atoms. The Hall–Kier alpha value is -2.48. The first-order valence-electron chi connectivity index (χ1n) is 9.71. The highest BCUT2D eigenvalue weighted by Gasteiger charge is 2.28. The Morgan fingerprint density at radius 3 is 2.38 bits per heavy atom. The zero-order valence-corrected chi connectivity index (χ0v) is 18.7. The smallest absolute Gasteiger partial charge is 0.249 e. The van der Waals surface area contributed by atoms with Crippen molar-refractivity contribution in [3.8, 4) is 16.3 Å². The minimum Gasteiger partial charge on any atom is -0.497 e. The molecule has 0 aliphatic rings. The van der Waals surface area contributed by atoms with Crippen LogP contribution in [-0.4, -0.2) is 35.2 Å². The lowest BCUT2D eigenvalue weighted by atomic mass is 9.91. The molecule has 2 rings (SSSR count). The van der Waals surface area contributed by atoms with Crippen LogP contribution in [0.1, 0.15) is 47.5 Å². The van der Waals surface area contributed by atoms with E-state index in [4.69, 9.17) is 4.74 Å². The van der Waals surface area contributed by atoms with Crippen LogP contribution in [0, 0.1) is 11.3 Å². The second-order valence-corrected chi connectivity index (χ2v) is 9.28. The van der Waals surface area contributed by atoms with Crippen LogP contribution in [0.25, 0.3) is 10.6 Å². The van der Waals surface area contributed by atoms with E-state index in [0.717, 1.165) is 17.7 Å². The molecule has 0 fully saturated rings. The van der Waals surface area contributed by atoms with E-state index in [-0.39, 0.29) is 23.1 Å². The van der Waals surface area contributed by atoms with E-state index >= 15 is 0 Å². The van der Waals surface area contributed by atoms with Crippen LogP contribution in [-0.2, 0) is 9.59 Å². The molecule has 158 valence electrons. The first-order valence-corrected chi connectivity index (χ1v) is 10.5. The number of carbonyl (C=O) groups excluding carboxylic acids is 2. The number of nitrogens with zero attached hydrogens (tertiary/aromatic N) is 2. The summed E-state index contributed by atoms with van der Waals surface area (Å²) < 4.78 is 5.16. The molecule has 1 aromatic heterocycles. The SMILES string of the molecule is CC[C@@H](C)[C@H](NC(=O)CC(C)(C)C)C(=O)Nc1nnc(-c2ccc(OC)cc2)s1. The predicted molar refractivity (Wildman–Crippen MR) is 116 cm³/mol. The van der Waals surface area contributed by atoms with Crippen LogP contribution in [0.4, 0.5) is 5.13 Å². The van der Waals surface area contributed by atoms with Crippen molar-refractivity contribution in [1.29, 1.82) is 0 Å². The van der Waals surface area contributed by atoms with Gasteiger partial charge in [0, 0.05) is 12.0 Å². The summed E-state index contributed by atoms with van der Waals surface area (Å²) >= 11 is 1.29. The first-order chi connectivity index (χ1) is 13.6. The number of hydrogen-bond donors (Lipinski definition) is 2. The van der Waals surface area contributed by atoms with Crippen molar-refractivity contribution < 1.29 is 14.3 Å². The van der Waals surface area contributed by atoms with Crippen LogP contribution in [0.5, 0.6) is 5.75 Å². The number of aromatic nitrogens is 2. The van der Waals surface area contributed by atoms with Gasteiger partial charge in [-0.15, -0.1) is 10.2 Å². The van der Waals surface area contributed by atoms with Crippen molar-refractivity contribution >= 4 is 28.3 Å². The number of rotatable bonds is 8. The lowest BCUT2D eigenvalue weighted by Gasteiger charge is -2.25. The fourth-order valence-corrected chi connectivity index (χ4v) is 3.47. The zero-order valence-electron chi connectivity index (χ0n) is 17.9. The molecule has 0 unspecified atom stereocenters. The van der Waals surface area contributed by atoms with E-state index in [9.17, 15) is 9.59 Å². The van der Waals surface area contributed by atoms with Gasteiger partial charge >= 0.3 is 0 Å². The normalized spacial score (nSPS) is 13.4. The molecule has 8 heteroatoms. The summed E-state index contributed by atoms with van der Waals surface area (Å²) in [6.07, 6.45) is 1.12. The minimum absolute atomic E-state index is 0.00658. The summed E-state index contributed by atoms with van der Waals surface area (Å²) in [5.74, 6) is 0.343. The third-order valence-electron chi connectivity index (χ3n) is 4.49. The lowest BCUT2D eigenvalue weighted by Crippen LogP contribution is -2.48. The van der Waals surface area contributed by atoms with Crippen molar-refractivity contribution in [1.82, 2.24) is 15.5 Å². The van der Waals surface area contributed by atoms with Crippen molar-refractivity contribution in [2.75, 3.05) is 12.4 Å². The van der Waals surface area contributed by atoms with Crippen molar-refractivity contribution in [3.63, 3.8) is 0 Å². The standard InChI is InChI=1S/C21H30N4O3S/c1-7-13(2)17(22-16(26)12-21(3,4)5)18(27)23-20-25-24-19(29-20)14-8-10-15(28-6)11-9-14/h8-11,13,17H,7,12H2,1-6H3,(H,22,26)(H,23,25,27)/t13-,17+/m1/s1. The minimum atomic E-state index is -0.622.